The summed E-state index contributed by atoms with van der Waals surface area (Å²) in [5.74, 6) is 0.925. The topological polar surface area (TPSA) is 37.8 Å². The molecule has 0 aliphatic heterocycles. The molecule has 1 heterocycles. The molecule has 0 amide bonds. The highest BCUT2D eigenvalue weighted by Crippen LogP contribution is 2.33. The molecule has 21 heavy (non-hydrogen) atoms. The number of aryl methyl sites for hydroxylation is 1. The van der Waals surface area contributed by atoms with Gasteiger partial charge in [-0.25, -0.2) is 4.98 Å². The van der Waals surface area contributed by atoms with Crippen LogP contribution in [0.25, 0.3) is 0 Å². The maximum absolute atomic E-state index is 4.53. The molecule has 0 radical (unpaired) electrons. The number of aromatic nitrogens is 2. The zero-order valence-electron chi connectivity index (χ0n) is 12.7. The number of rotatable bonds is 5. The van der Waals surface area contributed by atoms with Crippen molar-refractivity contribution in [2.45, 2.75) is 55.4 Å². The van der Waals surface area contributed by atoms with E-state index in [-0.39, 0.29) is 5.54 Å². The monoisotopic (exact) mass is 385 g/mol. The molecule has 1 aromatic carbocycles. The highest BCUT2D eigenvalue weighted by atomic mass is 79.9. The Labute approximate surface area is 143 Å². The van der Waals surface area contributed by atoms with Crippen molar-refractivity contribution in [2.24, 2.45) is 0 Å². The van der Waals surface area contributed by atoms with Gasteiger partial charge in [0.2, 0.25) is 0 Å². The van der Waals surface area contributed by atoms with E-state index in [1.165, 1.54) is 22.0 Å². The van der Waals surface area contributed by atoms with Crippen molar-refractivity contribution in [3.05, 3.63) is 34.1 Å². The lowest BCUT2D eigenvalue weighted by Gasteiger charge is -2.21. The van der Waals surface area contributed by atoms with Crippen LogP contribution in [0.15, 0.2) is 31.9 Å². The average molecular weight is 386 g/mol. The van der Waals surface area contributed by atoms with Gasteiger partial charge in [0.1, 0.15) is 5.82 Å². The van der Waals surface area contributed by atoms with Gasteiger partial charge in [-0.1, -0.05) is 34.6 Å². The third-order valence-corrected chi connectivity index (χ3v) is 5.20. The van der Waals surface area contributed by atoms with Crippen LogP contribution in [0.2, 0.25) is 0 Å². The first-order valence-electron chi connectivity index (χ1n) is 6.91. The molecule has 1 aromatic heterocycles. The van der Waals surface area contributed by atoms with E-state index < -0.39 is 0 Å². The van der Waals surface area contributed by atoms with Gasteiger partial charge in [0, 0.05) is 27.9 Å². The van der Waals surface area contributed by atoms with Crippen LogP contribution in [0, 0.1) is 0 Å². The number of benzene rings is 1. The van der Waals surface area contributed by atoms with Crippen LogP contribution in [0.1, 0.15) is 39.1 Å². The quantitative estimate of drug-likeness (QED) is 0.793. The summed E-state index contributed by atoms with van der Waals surface area (Å²) in [5.41, 5.74) is 1.38. The van der Waals surface area contributed by atoms with Crippen LogP contribution in [-0.2, 0) is 13.0 Å². The first kappa shape index (κ1) is 16.9. The summed E-state index contributed by atoms with van der Waals surface area (Å²) in [5, 5.41) is 3.54. The molecule has 0 spiro atoms. The fourth-order valence-electron chi connectivity index (χ4n) is 1.66. The molecule has 3 nitrogen and oxygen atoms in total. The molecule has 6 heteroatoms. The zero-order chi connectivity index (χ0) is 15.5. The zero-order valence-corrected chi connectivity index (χ0v) is 16.0. The Morgan fingerprint density at radius 1 is 1.33 bits per heavy atom. The van der Waals surface area contributed by atoms with E-state index in [4.69, 9.17) is 0 Å². The van der Waals surface area contributed by atoms with E-state index in [1.807, 2.05) is 0 Å². The maximum atomic E-state index is 4.53. The molecule has 1 N–H and O–H groups in total. The van der Waals surface area contributed by atoms with Crippen LogP contribution in [0.4, 0.5) is 0 Å². The summed E-state index contributed by atoms with van der Waals surface area (Å²) in [7, 11) is 0. The second kappa shape index (κ2) is 7.22. The Bertz CT molecular complexity index is 605. The van der Waals surface area contributed by atoms with Gasteiger partial charge in [-0.2, -0.15) is 4.37 Å². The number of halogens is 1. The number of nitrogens with zero attached hydrogens (tertiary/aromatic N) is 2. The molecule has 0 bridgehead atoms. The Morgan fingerprint density at radius 3 is 2.71 bits per heavy atom. The van der Waals surface area contributed by atoms with Crippen molar-refractivity contribution in [1.82, 2.24) is 14.7 Å². The molecule has 2 aromatic rings. The van der Waals surface area contributed by atoms with E-state index in [0.717, 1.165) is 27.6 Å². The SMILES string of the molecule is CCc1nsc(Sc2ccc(Br)cc2CNC(C)(C)C)n1. The minimum Gasteiger partial charge on any atom is -0.308 e. The molecular weight excluding hydrogens is 366 g/mol. The van der Waals surface area contributed by atoms with Gasteiger partial charge < -0.3 is 5.32 Å². The van der Waals surface area contributed by atoms with Gasteiger partial charge >= 0.3 is 0 Å². The summed E-state index contributed by atoms with van der Waals surface area (Å²) in [6.45, 7) is 9.45. The molecule has 0 unspecified atom stereocenters. The van der Waals surface area contributed by atoms with Gasteiger partial charge in [0.15, 0.2) is 4.34 Å². The summed E-state index contributed by atoms with van der Waals surface area (Å²) < 4.78 is 6.45. The maximum Gasteiger partial charge on any atom is 0.174 e. The molecule has 0 saturated carbocycles. The predicted molar refractivity (Wildman–Crippen MR) is 94.1 cm³/mol. The van der Waals surface area contributed by atoms with Gasteiger partial charge in [-0.05, 0) is 56.1 Å². The first-order valence-corrected chi connectivity index (χ1v) is 9.29. The van der Waals surface area contributed by atoms with E-state index >= 15 is 0 Å². The third-order valence-electron chi connectivity index (χ3n) is 2.79. The van der Waals surface area contributed by atoms with Gasteiger partial charge in [-0.3, -0.25) is 0 Å². The normalized spacial score (nSPS) is 11.9. The van der Waals surface area contributed by atoms with Crippen molar-refractivity contribution in [2.75, 3.05) is 0 Å². The molecule has 0 aliphatic rings. The van der Waals surface area contributed by atoms with Crippen LogP contribution in [0.3, 0.4) is 0 Å². The summed E-state index contributed by atoms with van der Waals surface area (Å²) >= 11 is 6.72. The van der Waals surface area contributed by atoms with Crippen molar-refractivity contribution in [3.8, 4) is 0 Å². The Balaban J connectivity index is 2.17. The number of hydrogen-bond donors (Lipinski definition) is 1. The van der Waals surface area contributed by atoms with E-state index in [9.17, 15) is 0 Å². The average Bonchev–Trinajstić information content (AvgIpc) is 2.86. The van der Waals surface area contributed by atoms with Crippen LogP contribution >= 0.6 is 39.2 Å². The molecule has 0 atom stereocenters. The Morgan fingerprint density at radius 2 is 2.10 bits per heavy atom. The molecule has 114 valence electrons. The highest BCUT2D eigenvalue weighted by Gasteiger charge is 2.13. The van der Waals surface area contributed by atoms with Crippen molar-refractivity contribution in [3.63, 3.8) is 0 Å². The number of nitrogens with one attached hydrogen (secondary N) is 1. The second-order valence-electron chi connectivity index (χ2n) is 5.79. The van der Waals surface area contributed by atoms with Crippen LogP contribution in [0.5, 0.6) is 0 Å². The minimum absolute atomic E-state index is 0.0996. The van der Waals surface area contributed by atoms with Crippen molar-refractivity contribution in [1.29, 1.82) is 0 Å². The van der Waals surface area contributed by atoms with Crippen LogP contribution in [-0.4, -0.2) is 14.9 Å². The largest absolute Gasteiger partial charge is 0.308 e. The van der Waals surface area contributed by atoms with Crippen molar-refractivity contribution < 1.29 is 0 Å². The predicted octanol–water partition coefficient (Wildman–Crippen LogP) is 4.90. The summed E-state index contributed by atoms with van der Waals surface area (Å²) in [6.07, 6.45) is 0.885. The fourth-order valence-corrected chi connectivity index (χ4v) is 3.84. The number of hydrogen-bond acceptors (Lipinski definition) is 5. The van der Waals surface area contributed by atoms with Gasteiger partial charge in [-0.15, -0.1) is 0 Å². The van der Waals surface area contributed by atoms with Crippen molar-refractivity contribution >= 4 is 39.2 Å². The molecule has 0 saturated heterocycles. The molecule has 0 aliphatic carbocycles. The molecule has 2 rings (SSSR count). The standard InChI is InChI=1S/C15H20BrN3S2/c1-5-13-18-14(21-19-13)20-12-7-6-11(16)8-10(12)9-17-15(2,3)4/h6-8,17H,5,9H2,1-4H3. The lowest BCUT2D eigenvalue weighted by molar-refractivity contribution is 0.422. The fraction of sp³-hybridized carbons (Fsp3) is 0.467. The summed E-state index contributed by atoms with van der Waals surface area (Å²) in [4.78, 5) is 5.77. The van der Waals surface area contributed by atoms with E-state index in [1.54, 1.807) is 11.8 Å². The van der Waals surface area contributed by atoms with E-state index in [0.29, 0.717) is 0 Å². The minimum atomic E-state index is 0.0996. The molecule has 0 fully saturated rings. The Hall–Kier alpha value is -0.430. The lowest BCUT2D eigenvalue weighted by Crippen LogP contribution is -2.35. The van der Waals surface area contributed by atoms with E-state index in [2.05, 4.69) is 76.5 Å². The highest BCUT2D eigenvalue weighted by molar-refractivity contribution is 9.10. The second-order valence-corrected chi connectivity index (χ2v) is 8.74. The van der Waals surface area contributed by atoms with Crippen LogP contribution < -0.4 is 5.32 Å². The molecular formula is C15H20BrN3S2. The first-order chi connectivity index (χ1) is 9.87. The Kier molecular flexibility index (Phi) is 5.82. The van der Waals surface area contributed by atoms with Gasteiger partial charge in [0.05, 0.1) is 0 Å². The smallest absolute Gasteiger partial charge is 0.174 e. The third kappa shape index (κ3) is 5.36. The van der Waals surface area contributed by atoms with Gasteiger partial charge in [0.25, 0.3) is 0 Å². The lowest BCUT2D eigenvalue weighted by atomic mass is 10.1. The summed E-state index contributed by atoms with van der Waals surface area (Å²) in [6, 6.07) is 6.38.